The topological polar surface area (TPSA) is 49.4 Å². The summed E-state index contributed by atoms with van der Waals surface area (Å²) >= 11 is 0. The first-order chi connectivity index (χ1) is 8.08. The number of hydrogen-bond acceptors (Lipinski definition) is 3. The van der Waals surface area contributed by atoms with E-state index in [1.807, 2.05) is 6.92 Å². The van der Waals surface area contributed by atoms with Gasteiger partial charge in [0.15, 0.2) is 6.29 Å². The van der Waals surface area contributed by atoms with Crippen molar-refractivity contribution in [1.82, 2.24) is 5.32 Å². The summed E-state index contributed by atoms with van der Waals surface area (Å²) in [5.41, 5.74) is 0.768. The van der Waals surface area contributed by atoms with Crippen LogP contribution in [0.3, 0.4) is 0 Å². The van der Waals surface area contributed by atoms with Crippen molar-refractivity contribution >= 4 is 17.9 Å². The summed E-state index contributed by atoms with van der Waals surface area (Å²) in [7, 11) is 1.68. The molecule has 0 heterocycles. The SMILES string of the molecule is CCNC(=O)CN(C)c1ccc(F)cc1C=O. The summed E-state index contributed by atoms with van der Waals surface area (Å²) in [5.74, 6) is -0.613. The lowest BCUT2D eigenvalue weighted by molar-refractivity contribution is -0.119. The van der Waals surface area contributed by atoms with E-state index in [0.717, 1.165) is 6.07 Å². The quantitative estimate of drug-likeness (QED) is 0.784. The van der Waals surface area contributed by atoms with Crippen LogP contribution in [0.25, 0.3) is 0 Å². The van der Waals surface area contributed by atoms with Crippen molar-refractivity contribution in [3.05, 3.63) is 29.6 Å². The van der Waals surface area contributed by atoms with Gasteiger partial charge in [0.05, 0.1) is 6.54 Å². The molecule has 92 valence electrons. The van der Waals surface area contributed by atoms with E-state index in [-0.39, 0.29) is 18.0 Å². The van der Waals surface area contributed by atoms with Gasteiger partial charge in [0.1, 0.15) is 5.82 Å². The predicted molar refractivity (Wildman–Crippen MR) is 63.7 cm³/mol. The normalized spacial score (nSPS) is 9.82. The van der Waals surface area contributed by atoms with Crippen LogP contribution in [0.2, 0.25) is 0 Å². The Hall–Kier alpha value is -1.91. The molecule has 17 heavy (non-hydrogen) atoms. The van der Waals surface area contributed by atoms with Crippen LogP contribution in [0.15, 0.2) is 18.2 Å². The highest BCUT2D eigenvalue weighted by Crippen LogP contribution is 2.18. The summed E-state index contributed by atoms with van der Waals surface area (Å²) in [6, 6.07) is 3.89. The van der Waals surface area contributed by atoms with E-state index in [4.69, 9.17) is 0 Å². The zero-order valence-electron chi connectivity index (χ0n) is 9.87. The minimum atomic E-state index is -0.470. The summed E-state index contributed by atoms with van der Waals surface area (Å²) in [6.45, 7) is 2.50. The molecular formula is C12H15FN2O2. The van der Waals surface area contributed by atoms with Crippen LogP contribution in [0.4, 0.5) is 10.1 Å². The predicted octanol–water partition coefficient (Wildman–Crippen LogP) is 1.21. The Bertz CT molecular complexity index is 421. The fourth-order valence-electron chi connectivity index (χ4n) is 1.52. The van der Waals surface area contributed by atoms with Gasteiger partial charge in [-0.3, -0.25) is 9.59 Å². The molecule has 4 nitrogen and oxygen atoms in total. The second kappa shape index (κ2) is 5.98. The molecule has 0 saturated heterocycles. The molecule has 0 radical (unpaired) electrons. The summed E-state index contributed by atoms with van der Waals surface area (Å²) < 4.78 is 12.9. The third-order valence-corrected chi connectivity index (χ3v) is 2.28. The zero-order chi connectivity index (χ0) is 12.8. The standard InChI is InChI=1S/C12H15FN2O2/c1-3-14-12(17)7-15(2)11-5-4-10(13)6-9(11)8-16/h4-6,8H,3,7H2,1-2H3,(H,14,17). The Balaban J connectivity index is 2.84. The van der Waals surface area contributed by atoms with E-state index >= 15 is 0 Å². The van der Waals surface area contributed by atoms with Gasteiger partial charge >= 0.3 is 0 Å². The number of anilines is 1. The fraction of sp³-hybridized carbons (Fsp3) is 0.333. The van der Waals surface area contributed by atoms with Crippen molar-refractivity contribution in [2.24, 2.45) is 0 Å². The molecule has 1 N–H and O–H groups in total. The van der Waals surface area contributed by atoms with E-state index in [1.165, 1.54) is 12.1 Å². The van der Waals surface area contributed by atoms with Crippen LogP contribution in [-0.2, 0) is 4.79 Å². The van der Waals surface area contributed by atoms with Crippen molar-refractivity contribution in [2.75, 3.05) is 25.0 Å². The number of likely N-dealkylation sites (N-methyl/N-ethyl adjacent to an activating group) is 2. The molecule has 0 aliphatic rings. The third kappa shape index (κ3) is 3.55. The van der Waals surface area contributed by atoms with Crippen LogP contribution in [-0.4, -0.2) is 32.3 Å². The number of benzene rings is 1. The maximum atomic E-state index is 12.9. The van der Waals surface area contributed by atoms with E-state index < -0.39 is 5.82 Å². The van der Waals surface area contributed by atoms with Gasteiger partial charge in [0.2, 0.25) is 5.91 Å². The Morgan fingerprint density at radius 1 is 1.53 bits per heavy atom. The van der Waals surface area contributed by atoms with Gasteiger partial charge in [-0.25, -0.2) is 4.39 Å². The molecular weight excluding hydrogens is 223 g/mol. The number of carbonyl (C=O) groups is 2. The maximum absolute atomic E-state index is 12.9. The van der Waals surface area contributed by atoms with Crippen molar-refractivity contribution in [1.29, 1.82) is 0 Å². The average Bonchev–Trinajstić information content (AvgIpc) is 2.28. The van der Waals surface area contributed by atoms with E-state index in [9.17, 15) is 14.0 Å². The lowest BCUT2D eigenvalue weighted by atomic mass is 10.1. The molecule has 0 aromatic heterocycles. The van der Waals surface area contributed by atoms with Gasteiger partial charge in [-0.05, 0) is 25.1 Å². The van der Waals surface area contributed by atoms with E-state index in [1.54, 1.807) is 11.9 Å². The number of halogens is 1. The summed E-state index contributed by atoms with van der Waals surface area (Å²) in [5, 5.41) is 2.65. The Labute approximate surface area is 99.4 Å². The highest BCUT2D eigenvalue weighted by Gasteiger charge is 2.11. The second-order valence-electron chi connectivity index (χ2n) is 3.63. The molecule has 0 spiro atoms. The number of aldehydes is 1. The smallest absolute Gasteiger partial charge is 0.239 e. The van der Waals surface area contributed by atoms with Crippen LogP contribution >= 0.6 is 0 Å². The second-order valence-corrected chi connectivity index (χ2v) is 3.63. The van der Waals surface area contributed by atoms with Crippen LogP contribution in [0.1, 0.15) is 17.3 Å². The number of carbonyl (C=O) groups excluding carboxylic acids is 2. The highest BCUT2D eigenvalue weighted by atomic mass is 19.1. The molecule has 0 aliphatic carbocycles. The largest absolute Gasteiger partial charge is 0.365 e. The number of nitrogens with zero attached hydrogens (tertiary/aromatic N) is 1. The van der Waals surface area contributed by atoms with Crippen molar-refractivity contribution in [3.63, 3.8) is 0 Å². The van der Waals surface area contributed by atoms with Crippen LogP contribution in [0.5, 0.6) is 0 Å². The van der Waals surface area contributed by atoms with Gasteiger partial charge in [-0.1, -0.05) is 0 Å². The van der Waals surface area contributed by atoms with Gasteiger partial charge in [-0.15, -0.1) is 0 Å². The molecule has 1 amide bonds. The van der Waals surface area contributed by atoms with Gasteiger partial charge in [0, 0.05) is 24.8 Å². The van der Waals surface area contributed by atoms with Gasteiger partial charge in [0.25, 0.3) is 0 Å². The summed E-state index contributed by atoms with van der Waals surface area (Å²) in [4.78, 5) is 23.8. The van der Waals surface area contributed by atoms with E-state index in [2.05, 4.69) is 5.32 Å². The maximum Gasteiger partial charge on any atom is 0.239 e. The Morgan fingerprint density at radius 2 is 2.24 bits per heavy atom. The van der Waals surface area contributed by atoms with Crippen molar-refractivity contribution in [2.45, 2.75) is 6.92 Å². The summed E-state index contributed by atoms with van der Waals surface area (Å²) in [6.07, 6.45) is 0.576. The zero-order valence-corrected chi connectivity index (χ0v) is 9.87. The molecule has 1 aromatic rings. The molecule has 0 bridgehead atoms. The highest BCUT2D eigenvalue weighted by molar-refractivity contribution is 5.87. The first-order valence-electron chi connectivity index (χ1n) is 5.31. The van der Waals surface area contributed by atoms with Crippen LogP contribution < -0.4 is 10.2 Å². The molecule has 1 rings (SSSR count). The Kier molecular flexibility index (Phi) is 4.63. The first kappa shape index (κ1) is 13.2. The molecule has 1 aromatic carbocycles. The lowest BCUT2D eigenvalue weighted by Gasteiger charge is -2.20. The number of amides is 1. The fourth-order valence-corrected chi connectivity index (χ4v) is 1.52. The van der Waals surface area contributed by atoms with Crippen LogP contribution in [0, 0.1) is 5.82 Å². The minimum absolute atomic E-state index is 0.125. The molecule has 0 atom stereocenters. The van der Waals surface area contributed by atoms with Gasteiger partial charge in [-0.2, -0.15) is 0 Å². The Morgan fingerprint density at radius 3 is 2.82 bits per heavy atom. The average molecular weight is 238 g/mol. The molecule has 0 unspecified atom stereocenters. The monoisotopic (exact) mass is 238 g/mol. The van der Waals surface area contributed by atoms with Crippen molar-refractivity contribution < 1.29 is 14.0 Å². The number of rotatable bonds is 5. The van der Waals surface area contributed by atoms with Crippen molar-refractivity contribution in [3.8, 4) is 0 Å². The molecule has 5 heteroatoms. The van der Waals surface area contributed by atoms with E-state index in [0.29, 0.717) is 18.5 Å². The molecule has 0 fully saturated rings. The number of nitrogens with one attached hydrogen (secondary N) is 1. The third-order valence-electron chi connectivity index (χ3n) is 2.28. The first-order valence-corrected chi connectivity index (χ1v) is 5.31. The van der Waals surface area contributed by atoms with Gasteiger partial charge < -0.3 is 10.2 Å². The molecule has 0 aliphatic heterocycles. The number of hydrogen-bond donors (Lipinski definition) is 1. The molecule has 0 saturated carbocycles. The lowest BCUT2D eigenvalue weighted by Crippen LogP contribution is -2.35. The minimum Gasteiger partial charge on any atom is -0.365 e.